The van der Waals surface area contributed by atoms with E-state index >= 15 is 0 Å². The molecule has 33 heavy (non-hydrogen) atoms. The summed E-state index contributed by atoms with van der Waals surface area (Å²) in [6.07, 6.45) is 1.70. The van der Waals surface area contributed by atoms with Crippen molar-refractivity contribution in [2.75, 3.05) is 25.5 Å². The SMILES string of the molecule is CCCN(CCC)C(=O)C(NC(=O)c1ccccc1NC(=O)c1ccc(OC)cc1)C(C)C. The molecule has 0 heterocycles. The highest BCUT2D eigenvalue weighted by Gasteiger charge is 2.29. The molecule has 0 saturated heterocycles. The molecule has 0 aromatic heterocycles. The van der Waals surface area contributed by atoms with Gasteiger partial charge in [0.2, 0.25) is 5.91 Å². The van der Waals surface area contributed by atoms with Crippen LogP contribution in [-0.2, 0) is 4.79 Å². The average Bonchev–Trinajstić information content (AvgIpc) is 2.82. The first kappa shape index (κ1) is 25.9. The Kier molecular flexibility index (Phi) is 9.91. The van der Waals surface area contributed by atoms with Crippen LogP contribution >= 0.6 is 0 Å². The van der Waals surface area contributed by atoms with E-state index in [1.807, 2.05) is 32.6 Å². The number of amides is 3. The Labute approximate surface area is 196 Å². The highest BCUT2D eigenvalue weighted by Crippen LogP contribution is 2.19. The average molecular weight is 454 g/mol. The molecule has 2 rings (SSSR count). The summed E-state index contributed by atoms with van der Waals surface area (Å²) >= 11 is 0. The molecule has 1 atom stereocenters. The van der Waals surface area contributed by atoms with Crippen LogP contribution in [0.5, 0.6) is 5.75 Å². The van der Waals surface area contributed by atoms with E-state index < -0.39 is 11.9 Å². The number of anilines is 1. The van der Waals surface area contributed by atoms with Gasteiger partial charge in [0, 0.05) is 18.7 Å². The number of carbonyl (C=O) groups is 3. The van der Waals surface area contributed by atoms with Crippen molar-refractivity contribution < 1.29 is 19.1 Å². The Morgan fingerprint density at radius 3 is 2.06 bits per heavy atom. The van der Waals surface area contributed by atoms with Crippen LogP contribution in [0.4, 0.5) is 5.69 Å². The zero-order valence-corrected chi connectivity index (χ0v) is 20.2. The predicted molar refractivity (Wildman–Crippen MR) is 131 cm³/mol. The standard InChI is InChI=1S/C26H35N3O4/c1-6-16-29(17-7-2)26(32)23(18(3)4)28-25(31)21-10-8-9-11-22(21)27-24(30)19-12-14-20(33-5)15-13-19/h8-15,18,23H,6-7,16-17H2,1-5H3,(H,27,30)(H,28,31). The maximum absolute atomic E-state index is 13.2. The molecule has 7 nitrogen and oxygen atoms in total. The summed E-state index contributed by atoms with van der Waals surface area (Å²) in [5, 5.41) is 5.70. The Balaban J connectivity index is 2.21. The molecule has 3 amide bonds. The Morgan fingerprint density at radius 2 is 1.52 bits per heavy atom. The van der Waals surface area contributed by atoms with Crippen molar-refractivity contribution in [1.82, 2.24) is 10.2 Å². The van der Waals surface area contributed by atoms with E-state index in [0.717, 1.165) is 12.8 Å². The first-order valence-corrected chi connectivity index (χ1v) is 11.5. The van der Waals surface area contributed by atoms with Crippen LogP contribution in [0.1, 0.15) is 61.3 Å². The number of benzene rings is 2. The summed E-state index contributed by atoms with van der Waals surface area (Å²) < 4.78 is 5.12. The number of para-hydroxylation sites is 1. The fraction of sp³-hybridized carbons (Fsp3) is 0.423. The molecule has 178 valence electrons. The van der Waals surface area contributed by atoms with Gasteiger partial charge in [-0.25, -0.2) is 0 Å². The van der Waals surface area contributed by atoms with Gasteiger partial charge >= 0.3 is 0 Å². The van der Waals surface area contributed by atoms with Crippen molar-refractivity contribution in [1.29, 1.82) is 0 Å². The van der Waals surface area contributed by atoms with E-state index in [0.29, 0.717) is 35.7 Å². The number of nitrogens with one attached hydrogen (secondary N) is 2. The number of hydrogen-bond donors (Lipinski definition) is 2. The van der Waals surface area contributed by atoms with Crippen LogP contribution in [0.15, 0.2) is 48.5 Å². The van der Waals surface area contributed by atoms with E-state index in [-0.39, 0.29) is 17.7 Å². The van der Waals surface area contributed by atoms with Gasteiger partial charge in [0.15, 0.2) is 0 Å². The molecule has 0 aliphatic rings. The van der Waals surface area contributed by atoms with Crippen LogP contribution < -0.4 is 15.4 Å². The molecule has 1 unspecified atom stereocenters. The summed E-state index contributed by atoms with van der Waals surface area (Å²) in [5.74, 6) is -0.261. The van der Waals surface area contributed by atoms with Gasteiger partial charge in [0.25, 0.3) is 11.8 Å². The van der Waals surface area contributed by atoms with Crippen molar-refractivity contribution in [3.8, 4) is 5.75 Å². The maximum Gasteiger partial charge on any atom is 0.255 e. The van der Waals surface area contributed by atoms with Gasteiger partial charge in [-0.05, 0) is 55.2 Å². The molecule has 2 aromatic rings. The Morgan fingerprint density at radius 1 is 0.909 bits per heavy atom. The van der Waals surface area contributed by atoms with E-state index in [1.54, 1.807) is 55.6 Å². The molecule has 7 heteroatoms. The highest BCUT2D eigenvalue weighted by atomic mass is 16.5. The number of hydrogen-bond acceptors (Lipinski definition) is 4. The second-order valence-corrected chi connectivity index (χ2v) is 8.25. The van der Waals surface area contributed by atoms with Crippen molar-refractivity contribution >= 4 is 23.4 Å². The lowest BCUT2D eigenvalue weighted by atomic mass is 10.0. The fourth-order valence-electron chi connectivity index (χ4n) is 3.53. The van der Waals surface area contributed by atoms with Gasteiger partial charge in [-0.15, -0.1) is 0 Å². The molecule has 0 bridgehead atoms. The third kappa shape index (κ3) is 7.07. The Bertz CT molecular complexity index is 935. The van der Waals surface area contributed by atoms with Crippen LogP contribution in [-0.4, -0.2) is 48.9 Å². The van der Waals surface area contributed by atoms with Gasteiger partial charge in [0.05, 0.1) is 18.4 Å². The van der Waals surface area contributed by atoms with Crippen molar-refractivity contribution in [3.63, 3.8) is 0 Å². The monoisotopic (exact) mass is 453 g/mol. The summed E-state index contributed by atoms with van der Waals surface area (Å²) in [6.45, 7) is 9.19. The first-order valence-electron chi connectivity index (χ1n) is 11.5. The second-order valence-electron chi connectivity index (χ2n) is 8.25. The van der Waals surface area contributed by atoms with E-state index in [1.165, 1.54) is 0 Å². The summed E-state index contributed by atoms with van der Waals surface area (Å²) in [5.41, 5.74) is 1.12. The molecular formula is C26H35N3O4. The first-order chi connectivity index (χ1) is 15.8. The molecule has 0 radical (unpaired) electrons. The fourth-order valence-corrected chi connectivity index (χ4v) is 3.53. The third-order valence-electron chi connectivity index (χ3n) is 5.29. The van der Waals surface area contributed by atoms with Gasteiger partial charge in [-0.1, -0.05) is 39.8 Å². The lowest BCUT2D eigenvalue weighted by Crippen LogP contribution is -2.51. The van der Waals surface area contributed by atoms with Crippen LogP contribution in [0.3, 0.4) is 0 Å². The molecule has 2 aromatic carbocycles. The zero-order valence-electron chi connectivity index (χ0n) is 20.2. The van der Waals surface area contributed by atoms with Crippen molar-refractivity contribution in [2.24, 2.45) is 5.92 Å². The molecule has 0 aliphatic carbocycles. The number of carbonyl (C=O) groups excluding carboxylic acids is 3. The summed E-state index contributed by atoms with van der Waals surface area (Å²) in [7, 11) is 1.56. The lowest BCUT2D eigenvalue weighted by Gasteiger charge is -2.29. The topological polar surface area (TPSA) is 87.7 Å². The van der Waals surface area contributed by atoms with E-state index in [4.69, 9.17) is 4.74 Å². The molecular weight excluding hydrogens is 418 g/mol. The van der Waals surface area contributed by atoms with Gasteiger partial charge in [-0.2, -0.15) is 0 Å². The van der Waals surface area contributed by atoms with E-state index in [9.17, 15) is 14.4 Å². The minimum Gasteiger partial charge on any atom is -0.497 e. The third-order valence-corrected chi connectivity index (χ3v) is 5.29. The Hall–Kier alpha value is -3.35. The van der Waals surface area contributed by atoms with Gasteiger partial charge in [-0.3, -0.25) is 14.4 Å². The summed E-state index contributed by atoms with van der Waals surface area (Å²) in [6, 6.07) is 12.8. The van der Waals surface area contributed by atoms with Crippen LogP contribution in [0, 0.1) is 5.92 Å². The highest BCUT2D eigenvalue weighted by molar-refractivity contribution is 6.09. The predicted octanol–water partition coefficient (Wildman–Crippen LogP) is 4.35. The molecule has 0 fully saturated rings. The van der Waals surface area contributed by atoms with Crippen LogP contribution in [0.25, 0.3) is 0 Å². The molecule has 2 N–H and O–H groups in total. The van der Waals surface area contributed by atoms with Gasteiger partial charge < -0.3 is 20.3 Å². The van der Waals surface area contributed by atoms with Gasteiger partial charge in [0.1, 0.15) is 11.8 Å². The zero-order chi connectivity index (χ0) is 24.4. The van der Waals surface area contributed by atoms with E-state index in [2.05, 4.69) is 10.6 Å². The summed E-state index contributed by atoms with van der Waals surface area (Å²) in [4.78, 5) is 40.9. The molecule has 0 saturated carbocycles. The van der Waals surface area contributed by atoms with Crippen LogP contribution in [0.2, 0.25) is 0 Å². The number of nitrogens with zero attached hydrogens (tertiary/aromatic N) is 1. The normalized spacial score (nSPS) is 11.6. The number of rotatable bonds is 11. The van der Waals surface area contributed by atoms with Crippen molar-refractivity contribution in [3.05, 3.63) is 59.7 Å². The smallest absolute Gasteiger partial charge is 0.255 e. The lowest BCUT2D eigenvalue weighted by molar-refractivity contribution is -0.134. The second kappa shape index (κ2) is 12.6. The minimum atomic E-state index is -0.652. The largest absolute Gasteiger partial charge is 0.497 e. The van der Waals surface area contributed by atoms with Crippen molar-refractivity contribution in [2.45, 2.75) is 46.6 Å². The molecule has 0 aliphatic heterocycles. The number of methoxy groups -OCH3 is 1. The molecule has 0 spiro atoms. The quantitative estimate of drug-likeness (QED) is 0.529. The number of ether oxygens (including phenoxy) is 1. The minimum absolute atomic E-state index is 0.0817. The maximum atomic E-state index is 13.2.